The Morgan fingerprint density at radius 1 is 0.893 bits per heavy atom. The Morgan fingerprint density at radius 2 is 1.43 bits per heavy atom. The number of halogens is 1. The zero-order valence-electron chi connectivity index (χ0n) is 15.3. The Labute approximate surface area is 160 Å². The van der Waals surface area contributed by atoms with Crippen LogP contribution >= 0.6 is 0 Å². The van der Waals surface area contributed by atoms with Gasteiger partial charge in [-0.05, 0) is 42.5 Å². The van der Waals surface area contributed by atoms with Gasteiger partial charge in [0.05, 0.1) is 11.0 Å². The van der Waals surface area contributed by atoms with Gasteiger partial charge in [0, 0.05) is 44.4 Å². The molecule has 0 bridgehead atoms. The Kier molecular flexibility index (Phi) is 4.46. The third-order valence-electron chi connectivity index (χ3n) is 5.10. The third-order valence-corrected chi connectivity index (χ3v) is 5.10. The van der Waals surface area contributed by atoms with E-state index in [9.17, 15) is 18.8 Å². The summed E-state index contributed by atoms with van der Waals surface area (Å²) in [7, 11) is 1.67. The summed E-state index contributed by atoms with van der Waals surface area (Å²) >= 11 is 0. The SMILES string of the molecule is Cn1c(=O)[nH]c2cc(C(=O)N3CCN(C(=O)c4ccc(F)cc4)CC3)ccc21. The van der Waals surface area contributed by atoms with Crippen LogP contribution < -0.4 is 5.69 Å². The summed E-state index contributed by atoms with van der Waals surface area (Å²) in [4.78, 5) is 43.1. The summed E-state index contributed by atoms with van der Waals surface area (Å²) in [6.45, 7) is 1.64. The highest BCUT2D eigenvalue weighted by atomic mass is 19.1. The van der Waals surface area contributed by atoms with Crippen LogP contribution in [0.1, 0.15) is 20.7 Å². The predicted molar refractivity (Wildman–Crippen MR) is 102 cm³/mol. The lowest BCUT2D eigenvalue weighted by Gasteiger charge is -2.34. The molecule has 7 nitrogen and oxygen atoms in total. The first-order valence-corrected chi connectivity index (χ1v) is 8.97. The molecule has 2 heterocycles. The minimum atomic E-state index is -0.385. The highest BCUT2D eigenvalue weighted by Gasteiger charge is 2.25. The zero-order chi connectivity index (χ0) is 19.8. The maximum absolute atomic E-state index is 13.0. The van der Waals surface area contributed by atoms with Gasteiger partial charge in [0.2, 0.25) is 0 Å². The fourth-order valence-corrected chi connectivity index (χ4v) is 3.44. The number of hydrogen-bond acceptors (Lipinski definition) is 3. The van der Waals surface area contributed by atoms with Crippen molar-refractivity contribution in [1.29, 1.82) is 0 Å². The molecule has 28 heavy (non-hydrogen) atoms. The molecular formula is C20H19FN4O3. The van der Waals surface area contributed by atoms with E-state index in [1.807, 2.05) is 0 Å². The zero-order valence-corrected chi connectivity index (χ0v) is 15.3. The van der Waals surface area contributed by atoms with Crippen LogP contribution in [0.15, 0.2) is 47.3 Å². The lowest BCUT2D eigenvalue weighted by atomic mass is 10.1. The first-order valence-electron chi connectivity index (χ1n) is 8.97. The standard InChI is InChI=1S/C20H19FN4O3/c1-23-17-7-4-14(12-16(17)22-20(23)28)19(27)25-10-8-24(9-11-25)18(26)13-2-5-15(21)6-3-13/h2-7,12H,8-11H2,1H3,(H,22,28). The molecule has 1 N–H and O–H groups in total. The summed E-state index contributed by atoms with van der Waals surface area (Å²) < 4.78 is 14.5. The number of aromatic nitrogens is 2. The van der Waals surface area contributed by atoms with Crippen LogP contribution in [-0.2, 0) is 7.05 Å². The fraction of sp³-hybridized carbons (Fsp3) is 0.250. The van der Waals surface area contributed by atoms with E-state index in [0.29, 0.717) is 42.8 Å². The lowest BCUT2D eigenvalue weighted by Crippen LogP contribution is -2.50. The minimum Gasteiger partial charge on any atom is -0.335 e. The number of H-pyrrole nitrogens is 1. The summed E-state index contributed by atoms with van der Waals surface area (Å²) in [6, 6.07) is 10.6. The van der Waals surface area contributed by atoms with Gasteiger partial charge in [-0.15, -0.1) is 0 Å². The van der Waals surface area contributed by atoms with Gasteiger partial charge in [-0.25, -0.2) is 9.18 Å². The Bertz CT molecular complexity index is 1110. The van der Waals surface area contributed by atoms with Gasteiger partial charge in [-0.2, -0.15) is 0 Å². The molecule has 1 fully saturated rings. The van der Waals surface area contributed by atoms with Crippen molar-refractivity contribution in [2.75, 3.05) is 26.2 Å². The van der Waals surface area contributed by atoms with Gasteiger partial charge < -0.3 is 14.8 Å². The Morgan fingerprint density at radius 3 is 2.04 bits per heavy atom. The molecule has 2 amide bonds. The van der Waals surface area contributed by atoms with E-state index in [1.54, 1.807) is 35.0 Å². The number of rotatable bonds is 2. The van der Waals surface area contributed by atoms with Gasteiger partial charge in [-0.1, -0.05) is 0 Å². The second-order valence-electron chi connectivity index (χ2n) is 6.81. The third kappa shape index (κ3) is 3.17. The summed E-state index contributed by atoms with van der Waals surface area (Å²) in [5.41, 5.74) is 2.04. The molecule has 0 unspecified atom stereocenters. The van der Waals surface area contributed by atoms with Crippen molar-refractivity contribution < 1.29 is 14.0 Å². The van der Waals surface area contributed by atoms with Crippen LogP contribution in [0, 0.1) is 5.82 Å². The van der Waals surface area contributed by atoms with Crippen molar-refractivity contribution in [3.05, 3.63) is 69.9 Å². The minimum absolute atomic E-state index is 0.138. The molecule has 0 atom stereocenters. The van der Waals surface area contributed by atoms with Crippen LogP contribution in [-0.4, -0.2) is 57.3 Å². The quantitative estimate of drug-likeness (QED) is 0.731. The lowest BCUT2D eigenvalue weighted by molar-refractivity contribution is 0.0535. The van der Waals surface area contributed by atoms with Crippen molar-refractivity contribution in [3.8, 4) is 0 Å². The predicted octanol–water partition coefficient (Wildman–Crippen LogP) is 1.60. The van der Waals surface area contributed by atoms with Crippen molar-refractivity contribution >= 4 is 22.8 Å². The molecule has 1 aliphatic heterocycles. The molecule has 8 heteroatoms. The van der Waals surface area contributed by atoms with E-state index in [4.69, 9.17) is 0 Å². The van der Waals surface area contributed by atoms with Crippen LogP contribution in [0.5, 0.6) is 0 Å². The molecular weight excluding hydrogens is 363 g/mol. The fourth-order valence-electron chi connectivity index (χ4n) is 3.44. The van der Waals surface area contributed by atoms with Gasteiger partial charge in [0.25, 0.3) is 11.8 Å². The van der Waals surface area contributed by atoms with Crippen LogP contribution in [0.3, 0.4) is 0 Å². The number of nitrogens with zero attached hydrogens (tertiary/aromatic N) is 3. The van der Waals surface area contributed by atoms with Crippen molar-refractivity contribution in [2.45, 2.75) is 0 Å². The number of aromatic amines is 1. The number of hydrogen-bond donors (Lipinski definition) is 1. The molecule has 0 radical (unpaired) electrons. The van der Waals surface area contributed by atoms with E-state index < -0.39 is 0 Å². The molecule has 2 aromatic carbocycles. The van der Waals surface area contributed by atoms with Crippen molar-refractivity contribution in [3.63, 3.8) is 0 Å². The first kappa shape index (κ1) is 18.0. The van der Waals surface area contributed by atoms with E-state index in [-0.39, 0.29) is 23.3 Å². The van der Waals surface area contributed by atoms with E-state index in [0.717, 1.165) is 5.52 Å². The largest absolute Gasteiger partial charge is 0.335 e. The molecule has 144 valence electrons. The van der Waals surface area contributed by atoms with Crippen LogP contribution in [0.2, 0.25) is 0 Å². The topological polar surface area (TPSA) is 78.4 Å². The number of nitrogens with one attached hydrogen (secondary N) is 1. The highest BCUT2D eigenvalue weighted by molar-refractivity contribution is 5.98. The molecule has 3 aromatic rings. The summed E-state index contributed by atoms with van der Waals surface area (Å²) in [5.74, 6) is -0.695. The number of imidazole rings is 1. The van der Waals surface area contributed by atoms with Gasteiger partial charge in [0.1, 0.15) is 5.82 Å². The number of carbonyl (C=O) groups excluding carboxylic acids is 2. The Hall–Kier alpha value is -3.42. The maximum Gasteiger partial charge on any atom is 0.326 e. The van der Waals surface area contributed by atoms with Gasteiger partial charge >= 0.3 is 5.69 Å². The highest BCUT2D eigenvalue weighted by Crippen LogP contribution is 2.16. The monoisotopic (exact) mass is 382 g/mol. The molecule has 1 saturated heterocycles. The van der Waals surface area contributed by atoms with Gasteiger partial charge in [-0.3, -0.25) is 14.2 Å². The first-order chi connectivity index (χ1) is 13.4. The molecule has 0 aliphatic carbocycles. The molecule has 0 spiro atoms. The number of carbonyl (C=O) groups is 2. The second kappa shape index (κ2) is 6.95. The van der Waals surface area contributed by atoms with Gasteiger partial charge in [0.15, 0.2) is 0 Å². The van der Waals surface area contributed by atoms with E-state index in [1.165, 1.54) is 28.8 Å². The van der Waals surface area contributed by atoms with Crippen LogP contribution in [0.4, 0.5) is 4.39 Å². The number of benzene rings is 2. The maximum atomic E-state index is 13.0. The summed E-state index contributed by atoms with van der Waals surface area (Å²) in [5, 5.41) is 0. The average Bonchev–Trinajstić information content (AvgIpc) is 3.01. The average molecular weight is 382 g/mol. The van der Waals surface area contributed by atoms with Crippen molar-refractivity contribution in [2.24, 2.45) is 7.05 Å². The summed E-state index contributed by atoms with van der Waals surface area (Å²) in [6.07, 6.45) is 0. The Balaban J connectivity index is 1.44. The van der Waals surface area contributed by atoms with E-state index in [2.05, 4.69) is 4.98 Å². The van der Waals surface area contributed by atoms with Crippen LogP contribution in [0.25, 0.3) is 11.0 Å². The number of piperazine rings is 1. The van der Waals surface area contributed by atoms with Crippen molar-refractivity contribution in [1.82, 2.24) is 19.4 Å². The smallest absolute Gasteiger partial charge is 0.326 e. The normalized spacial score (nSPS) is 14.5. The number of fused-ring (bicyclic) bond motifs is 1. The molecule has 1 aromatic heterocycles. The molecule has 1 aliphatic rings. The van der Waals surface area contributed by atoms with E-state index >= 15 is 0 Å². The second-order valence-corrected chi connectivity index (χ2v) is 6.81. The molecule has 4 rings (SSSR count). The number of aryl methyl sites for hydroxylation is 1. The number of amides is 2. The molecule has 0 saturated carbocycles.